The molecule has 4 rings (SSSR count). The molecule has 25 heavy (non-hydrogen) atoms. The van der Waals surface area contributed by atoms with E-state index in [1.165, 1.54) is 12.0 Å². The predicted molar refractivity (Wildman–Crippen MR) is 97.4 cm³/mol. The fourth-order valence-electron chi connectivity index (χ4n) is 3.70. The van der Waals surface area contributed by atoms with Gasteiger partial charge < -0.3 is 19.3 Å². The second-order valence-electron chi connectivity index (χ2n) is 6.46. The molecule has 2 aromatic rings. The van der Waals surface area contributed by atoms with E-state index in [1.54, 1.807) is 13.4 Å². The number of benzene rings is 1. The second-order valence-corrected chi connectivity index (χ2v) is 6.46. The fraction of sp³-hybridized carbons (Fsp3) is 0.474. The monoisotopic (exact) mass is 340 g/mol. The van der Waals surface area contributed by atoms with Crippen molar-refractivity contribution in [3.8, 4) is 5.75 Å². The number of hydrogen-bond acceptors (Lipinski definition) is 6. The molecule has 1 aromatic heterocycles. The molecule has 132 valence electrons. The minimum atomic E-state index is 0.336. The van der Waals surface area contributed by atoms with E-state index in [9.17, 15) is 0 Å². The van der Waals surface area contributed by atoms with E-state index in [1.807, 2.05) is 6.07 Å². The lowest BCUT2D eigenvalue weighted by Gasteiger charge is -2.30. The predicted octanol–water partition coefficient (Wildman–Crippen LogP) is 2.66. The molecule has 2 fully saturated rings. The van der Waals surface area contributed by atoms with Crippen LogP contribution in [0.2, 0.25) is 0 Å². The van der Waals surface area contributed by atoms with Crippen molar-refractivity contribution < 1.29 is 9.47 Å². The molecule has 0 N–H and O–H groups in total. The summed E-state index contributed by atoms with van der Waals surface area (Å²) in [5.41, 5.74) is 1.28. The smallest absolute Gasteiger partial charge is 0.134 e. The van der Waals surface area contributed by atoms with E-state index >= 15 is 0 Å². The zero-order valence-electron chi connectivity index (χ0n) is 14.6. The number of methoxy groups -OCH3 is 1. The summed E-state index contributed by atoms with van der Waals surface area (Å²) in [5.74, 6) is 2.90. The first-order valence-corrected chi connectivity index (χ1v) is 8.90. The minimum Gasteiger partial charge on any atom is -0.497 e. The molecular weight excluding hydrogens is 316 g/mol. The van der Waals surface area contributed by atoms with Gasteiger partial charge >= 0.3 is 0 Å². The minimum absolute atomic E-state index is 0.336. The van der Waals surface area contributed by atoms with Gasteiger partial charge in [0.1, 0.15) is 23.7 Å². The summed E-state index contributed by atoms with van der Waals surface area (Å²) >= 11 is 0. The van der Waals surface area contributed by atoms with Crippen LogP contribution in [0.4, 0.5) is 11.6 Å². The third kappa shape index (κ3) is 3.39. The Morgan fingerprint density at radius 3 is 2.76 bits per heavy atom. The standard InChI is InChI=1S/C19H24N4O2/c1-24-16-5-2-4-15(12-16)17-6-3-7-23(17)19-13-18(20-14-21-19)22-8-10-25-11-9-22/h2,4-5,12-14,17H,3,6-11H2,1H3. The molecule has 0 bridgehead atoms. The topological polar surface area (TPSA) is 50.7 Å². The number of ether oxygens (including phenoxy) is 2. The van der Waals surface area contributed by atoms with E-state index in [-0.39, 0.29) is 0 Å². The summed E-state index contributed by atoms with van der Waals surface area (Å²) in [4.78, 5) is 13.7. The van der Waals surface area contributed by atoms with Crippen molar-refractivity contribution in [1.82, 2.24) is 9.97 Å². The first-order chi connectivity index (χ1) is 12.3. The van der Waals surface area contributed by atoms with E-state index in [4.69, 9.17) is 9.47 Å². The Labute approximate surface area is 148 Å². The van der Waals surface area contributed by atoms with Crippen molar-refractivity contribution >= 4 is 11.6 Å². The van der Waals surface area contributed by atoms with E-state index in [0.717, 1.165) is 56.7 Å². The Bertz CT molecular complexity index is 718. The average molecular weight is 340 g/mol. The van der Waals surface area contributed by atoms with Crippen molar-refractivity contribution in [2.45, 2.75) is 18.9 Å². The summed E-state index contributed by atoms with van der Waals surface area (Å²) in [5, 5.41) is 0. The van der Waals surface area contributed by atoms with Crippen LogP contribution < -0.4 is 14.5 Å². The highest BCUT2D eigenvalue weighted by atomic mass is 16.5. The van der Waals surface area contributed by atoms with Gasteiger partial charge in [0.2, 0.25) is 0 Å². The van der Waals surface area contributed by atoms with Gasteiger partial charge in [-0.25, -0.2) is 9.97 Å². The Kier molecular flexibility index (Phi) is 4.70. The maximum atomic E-state index is 5.44. The number of nitrogens with zero attached hydrogens (tertiary/aromatic N) is 4. The summed E-state index contributed by atoms with van der Waals surface area (Å²) in [6, 6.07) is 10.8. The fourth-order valence-corrected chi connectivity index (χ4v) is 3.70. The summed E-state index contributed by atoms with van der Waals surface area (Å²) in [6.45, 7) is 4.30. The molecule has 3 heterocycles. The van der Waals surface area contributed by atoms with Gasteiger partial charge in [0, 0.05) is 25.7 Å². The van der Waals surface area contributed by atoms with Crippen LogP contribution in [0.3, 0.4) is 0 Å². The van der Waals surface area contributed by atoms with Crippen LogP contribution >= 0.6 is 0 Å². The van der Waals surface area contributed by atoms with Crippen LogP contribution in [0.15, 0.2) is 36.7 Å². The SMILES string of the molecule is COc1cccc(C2CCCN2c2cc(N3CCOCC3)ncn2)c1. The Balaban J connectivity index is 1.59. The third-order valence-corrected chi connectivity index (χ3v) is 5.00. The van der Waals surface area contributed by atoms with Crippen LogP contribution in [-0.2, 0) is 4.74 Å². The van der Waals surface area contributed by atoms with Crippen LogP contribution in [0, 0.1) is 0 Å². The zero-order chi connectivity index (χ0) is 17.1. The number of morpholine rings is 1. The molecule has 0 radical (unpaired) electrons. The first-order valence-electron chi connectivity index (χ1n) is 8.90. The maximum Gasteiger partial charge on any atom is 0.134 e. The molecule has 6 nitrogen and oxygen atoms in total. The number of hydrogen-bond donors (Lipinski definition) is 0. The number of anilines is 2. The molecule has 2 saturated heterocycles. The molecule has 1 aromatic carbocycles. The van der Waals surface area contributed by atoms with Gasteiger partial charge in [0.25, 0.3) is 0 Å². The van der Waals surface area contributed by atoms with Gasteiger partial charge in [0.15, 0.2) is 0 Å². The number of aromatic nitrogens is 2. The largest absolute Gasteiger partial charge is 0.497 e. The van der Waals surface area contributed by atoms with Gasteiger partial charge in [-0.15, -0.1) is 0 Å². The molecule has 2 aliphatic heterocycles. The molecule has 1 atom stereocenters. The Morgan fingerprint density at radius 2 is 1.92 bits per heavy atom. The summed E-state index contributed by atoms with van der Waals surface area (Å²) < 4.78 is 10.8. The third-order valence-electron chi connectivity index (χ3n) is 5.00. The van der Waals surface area contributed by atoms with Crippen LogP contribution in [-0.4, -0.2) is 49.9 Å². The lowest BCUT2D eigenvalue weighted by atomic mass is 10.0. The van der Waals surface area contributed by atoms with Gasteiger partial charge in [-0.2, -0.15) is 0 Å². The molecule has 2 aliphatic rings. The van der Waals surface area contributed by atoms with E-state index in [2.05, 4.69) is 44.0 Å². The molecule has 6 heteroatoms. The first kappa shape index (κ1) is 16.1. The van der Waals surface area contributed by atoms with Crippen LogP contribution in [0.5, 0.6) is 5.75 Å². The normalized spacial score (nSPS) is 20.8. The highest BCUT2D eigenvalue weighted by Crippen LogP contribution is 2.36. The summed E-state index contributed by atoms with van der Waals surface area (Å²) in [7, 11) is 1.71. The maximum absolute atomic E-state index is 5.44. The highest BCUT2D eigenvalue weighted by Gasteiger charge is 2.28. The molecule has 0 aliphatic carbocycles. The van der Waals surface area contributed by atoms with E-state index < -0.39 is 0 Å². The Morgan fingerprint density at radius 1 is 1.08 bits per heavy atom. The quantitative estimate of drug-likeness (QED) is 0.853. The molecule has 0 amide bonds. The van der Waals surface area contributed by atoms with Crippen molar-refractivity contribution in [3.05, 3.63) is 42.2 Å². The van der Waals surface area contributed by atoms with Crippen molar-refractivity contribution in [1.29, 1.82) is 0 Å². The highest BCUT2D eigenvalue weighted by molar-refractivity contribution is 5.53. The van der Waals surface area contributed by atoms with E-state index in [0.29, 0.717) is 6.04 Å². The van der Waals surface area contributed by atoms with Crippen LogP contribution in [0.25, 0.3) is 0 Å². The Hall–Kier alpha value is -2.34. The van der Waals surface area contributed by atoms with Gasteiger partial charge in [-0.3, -0.25) is 0 Å². The van der Waals surface area contributed by atoms with Crippen molar-refractivity contribution in [2.24, 2.45) is 0 Å². The molecule has 0 spiro atoms. The second kappa shape index (κ2) is 7.27. The molecular formula is C19H24N4O2. The average Bonchev–Trinajstić information content (AvgIpc) is 3.19. The zero-order valence-corrected chi connectivity index (χ0v) is 14.6. The molecule has 1 unspecified atom stereocenters. The van der Waals surface area contributed by atoms with Gasteiger partial charge in [-0.05, 0) is 30.5 Å². The van der Waals surface area contributed by atoms with Crippen molar-refractivity contribution in [2.75, 3.05) is 49.8 Å². The van der Waals surface area contributed by atoms with Crippen molar-refractivity contribution in [3.63, 3.8) is 0 Å². The molecule has 0 saturated carbocycles. The van der Waals surface area contributed by atoms with Crippen LogP contribution in [0.1, 0.15) is 24.4 Å². The number of rotatable bonds is 4. The van der Waals surface area contributed by atoms with Gasteiger partial charge in [0.05, 0.1) is 26.4 Å². The lowest BCUT2D eigenvalue weighted by Crippen LogP contribution is -2.37. The van der Waals surface area contributed by atoms with Gasteiger partial charge in [-0.1, -0.05) is 12.1 Å². The lowest BCUT2D eigenvalue weighted by molar-refractivity contribution is 0.122. The summed E-state index contributed by atoms with van der Waals surface area (Å²) in [6.07, 6.45) is 3.98.